The Hall–Kier alpha value is -2.62. The van der Waals surface area contributed by atoms with Gasteiger partial charge >= 0.3 is 12.1 Å². The summed E-state index contributed by atoms with van der Waals surface area (Å²) in [5.41, 5.74) is -1.06. The molecule has 0 spiro atoms. The number of likely N-dealkylation sites (tertiary alicyclic amines) is 1. The summed E-state index contributed by atoms with van der Waals surface area (Å²) in [6.45, 7) is 8.45. The average Bonchev–Trinajstić information content (AvgIpc) is 3.20. The molecule has 1 aromatic rings. The van der Waals surface area contributed by atoms with Crippen molar-refractivity contribution in [3.05, 3.63) is 35.4 Å². The Bertz CT molecular complexity index is 982. The quantitative estimate of drug-likeness (QED) is 0.517. The summed E-state index contributed by atoms with van der Waals surface area (Å²) in [6, 6.07) is 3.87. The van der Waals surface area contributed by atoms with E-state index in [1.807, 2.05) is 0 Å². The van der Waals surface area contributed by atoms with Gasteiger partial charge in [-0.25, -0.2) is 0 Å². The van der Waals surface area contributed by atoms with Gasteiger partial charge in [0.2, 0.25) is 5.91 Å². The van der Waals surface area contributed by atoms with E-state index in [-0.39, 0.29) is 41.9 Å². The lowest BCUT2D eigenvalue weighted by Gasteiger charge is -2.44. The maximum atomic E-state index is 13.3. The number of amides is 2. The number of carbonyl (C=O) groups excluding carboxylic acids is 3. The fourth-order valence-corrected chi connectivity index (χ4v) is 5.20. The summed E-state index contributed by atoms with van der Waals surface area (Å²) in [5.74, 6) is -1.54. The van der Waals surface area contributed by atoms with Crippen molar-refractivity contribution in [2.45, 2.75) is 83.7 Å². The van der Waals surface area contributed by atoms with Crippen molar-refractivity contribution in [1.29, 1.82) is 0 Å². The van der Waals surface area contributed by atoms with Crippen LogP contribution in [-0.4, -0.2) is 72.0 Å². The van der Waals surface area contributed by atoms with Crippen molar-refractivity contribution in [1.82, 2.24) is 15.1 Å². The van der Waals surface area contributed by atoms with Crippen molar-refractivity contribution in [2.24, 2.45) is 11.8 Å². The molecule has 0 radical (unpaired) electrons. The van der Waals surface area contributed by atoms with Crippen LogP contribution in [0.4, 0.5) is 13.2 Å². The zero-order valence-electron chi connectivity index (χ0n) is 22.2. The predicted octanol–water partition coefficient (Wildman–Crippen LogP) is 4.11. The second-order valence-electron chi connectivity index (χ2n) is 10.8. The molecule has 1 aliphatic carbocycles. The highest BCUT2D eigenvalue weighted by atomic mass is 19.4. The highest BCUT2D eigenvalue weighted by molar-refractivity contribution is 5.98. The van der Waals surface area contributed by atoms with Crippen LogP contribution in [0.25, 0.3) is 0 Å². The van der Waals surface area contributed by atoms with Crippen molar-refractivity contribution >= 4 is 17.8 Å². The summed E-state index contributed by atoms with van der Waals surface area (Å²) in [5, 5.41) is 2.62. The Balaban J connectivity index is 1.70. The molecule has 1 saturated heterocycles. The molecular formula is C27H38F3N3O4. The Morgan fingerprint density at radius 3 is 2.49 bits per heavy atom. The molecule has 1 aliphatic heterocycles. The van der Waals surface area contributed by atoms with E-state index in [0.717, 1.165) is 31.4 Å². The molecular weight excluding hydrogens is 487 g/mol. The van der Waals surface area contributed by atoms with Crippen LogP contribution >= 0.6 is 0 Å². The van der Waals surface area contributed by atoms with Crippen LogP contribution in [0.3, 0.4) is 0 Å². The van der Waals surface area contributed by atoms with Gasteiger partial charge in [0.15, 0.2) is 0 Å². The van der Waals surface area contributed by atoms with Gasteiger partial charge in [0.05, 0.1) is 18.1 Å². The average molecular weight is 526 g/mol. The summed E-state index contributed by atoms with van der Waals surface area (Å²) in [7, 11) is 2.08. The summed E-state index contributed by atoms with van der Waals surface area (Å²) in [4.78, 5) is 42.2. The van der Waals surface area contributed by atoms with E-state index in [1.54, 1.807) is 18.7 Å². The van der Waals surface area contributed by atoms with Gasteiger partial charge in [0, 0.05) is 36.2 Å². The first kappa shape index (κ1) is 28.9. The lowest BCUT2D eigenvalue weighted by atomic mass is 9.80. The van der Waals surface area contributed by atoms with Crippen molar-refractivity contribution in [2.75, 3.05) is 20.2 Å². The normalized spacial score (nSPS) is 24.7. The third kappa shape index (κ3) is 7.03. The first-order chi connectivity index (χ1) is 17.3. The predicted molar refractivity (Wildman–Crippen MR) is 133 cm³/mol. The van der Waals surface area contributed by atoms with Crippen LogP contribution in [0.1, 0.15) is 69.3 Å². The van der Waals surface area contributed by atoms with Gasteiger partial charge in [0.25, 0.3) is 5.91 Å². The van der Waals surface area contributed by atoms with E-state index < -0.39 is 23.7 Å². The molecule has 0 bridgehead atoms. The second-order valence-corrected chi connectivity index (χ2v) is 10.8. The van der Waals surface area contributed by atoms with Crippen LogP contribution in [-0.2, 0) is 20.5 Å². The molecule has 0 aromatic heterocycles. The molecule has 2 aliphatic rings. The van der Waals surface area contributed by atoms with E-state index in [4.69, 9.17) is 4.74 Å². The molecule has 2 fully saturated rings. The minimum atomic E-state index is -4.56. The summed E-state index contributed by atoms with van der Waals surface area (Å²) < 4.78 is 44.7. The van der Waals surface area contributed by atoms with Gasteiger partial charge in [0.1, 0.15) is 6.04 Å². The molecule has 7 nitrogen and oxygen atoms in total. The van der Waals surface area contributed by atoms with E-state index in [9.17, 15) is 27.6 Å². The molecule has 1 heterocycles. The first-order valence-corrected chi connectivity index (χ1v) is 13.0. The molecule has 2 amide bonds. The molecule has 1 saturated carbocycles. The minimum absolute atomic E-state index is 0.0514. The molecule has 10 heteroatoms. The number of benzene rings is 1. The van der Waals surface area contributed by atoms with Crippen molar-refractivity contribution in [3.8, 4) is 0 Å². The Morgan fingerprint density at radius 2 is 1.86 bits per heavy atom. The number of carbonyl (C=O) groups is 3. The standard InChI is InChI=1S/C27H38F3N3O4/c1-16(2)26(36)37-15-19-14-21(32(5)17(3)4)9-10-23(19)33-12-11-22(25(33)35)31-24(34)18-7-6-8-20(13-18)27(28,29)30/h6-8,13,16-17,19,21-23H,9-12,14-15H2,1-5H3,(H,31,34)/t19-,21+,22?,23-/m0/s1. The van der Waals surface area contributed by atoms with Crippen LogP contribution in [0.2, 0.25) is 0 Å². The number of nitrogens with one attached hydrogen (secondary N) is 1. The summed E-state index contributed by atoms with van der Waals surface area (Å²) >= 11 is 0. The number of hydrogen-bond acceptors (Lipinski definition) is 5. The number of ether oxygens (including phenoxy) is 1. The molecule has 4 atom stereocenters. The number of halogens is 3. The van der Waals surface area contributed by atoms with Gasteiger partial charge in [-0.1, -0.05) is 19.9 Å². The molecule has 206 valence electrons. The molecule has 3 rings (SSSR count). The van der Waals surface area contributed by atoms with Gasteiger partial charge < -0.3 is 19.9 Å². The number of nitrogens with zero attached hydrogens (tertiary/aromatic N) is 2. The van der Waals surface area contributed by atoms with E-state index in [2.05, 4.69) is 31.1 Å². The minimum Gasteiger partial charge on any atom is -0.465 e. The lowest BCUT2D eigenvalue weighted by molar-refractivity contribution is -0.151. The zero-order chi connectivity index (χ0) is 27.5. The third-order valence-electron chi connectivity index (χ3n) is 7.61. The van der Waals surface area contributed by atoms with Crippen LogP contribution in [0, 0.1) is 11.8 Å². The van der Waals surface area contributed by atoms with Crippen molar-refractivity contribution < 1.29 is 32.3 Å². The van der Waals surface area contributed by atoms with Gasteiger partial charge in [-0.15, -0.1) is 0 Å². The lowest BCUT2D eigenvalue weighted by Crippen LogP contribution is -2.53. The van der Waals surface area contributed by atoms with E-state index in [1.165, 1.54) is 12.1 Å². The fraction of sp³-hybridized carbons (Fsp3) is 0.667. The van der Waals surface area contributed by atoms with Crippen LogP contribution in [0.5, 0.6) is 0 Å². The zero-order valence-corrected chi connectivity index (χ0v) is 22.2. The Labute approximate surface area is 216 Å². The molecule has 37 heavy (non-hydrogen) atoms. The van der Waals surface area contributed by atoms with E-state index in [0.29, 0.717) is 25.0 Å². The highest BCUT2D eigenvalue weighted by Crippen LogP contribution is 2.35. The van der Waals surface area contributed by atoms with Gasteiger partial charge in [-0.3, -0.25) is 14.4 Å². The van der Waals surface area contributed by atoms with Crippen LogP contribution < -0.4 is 5.32 Å². The molecule has 1 aromatic carbocycles. The third-order valence-corrected chi connectivity index (χ3v) is 7.61. The Kier molecular flexibility index (Phi) is 9.26. The maximum Gasteiger partial charge on any atom is 0.416 e. The van der Waals surface area contributed by atoms with E-state index >= 15 is 0 Å². The highest BCUT2D eigenvalue weighted by Gasteiger charge is 2.43. The molecule has 1 unspecified atom stereocenters. The Morgan fingerprint density at radius 1 is 1.16 bits per heavy atom. The smallest absolute Gasteiger partial charge is 0.416 e. The monoisotopic (exact) mass is 525 g/mol. The van der Waals surface area contributed by atoms with Crippen LogP contribution in [0.15, 0.2) is 24.3 Å². The van der Waals surface area contributed by atoms with Gasteiger partial charge in [-0.05, 0) is 64.8 Å². The first-order valence-electron chi connectivity index (χ1n) is 13.0. The summed E-state index contributed by atoms with van der Waals surface area (Å²) in [6.07, 6.45) is -1.79. The van der Waals surface area contributed by atoms with Gasteiger partial charge in [-0.2, -0.15) is 13.2 Å². The maximum absolute atomic E-state index is 13.3. The van der Waals surface area contributed by atoms with Crippen molar-refractivity contribution in [3.63, 3.8) is 0 Å². The number of hydrogen-bond donors (Lipinski definition) is 1. The number of rotatable bonds is 8. The topological polar surface area (TPSA) is 79.0 Å². The number of alkyl halides is 3. The number of esters is 1. The largest absolute Gasteiger partial charge is 0.465 e. The second kappa shape index (κ2) is 11.8. The molecule has 1 N–H and O–H groups in total. The fourth-order valence-electron chi connectivity index (χ4n) is 5.20. The SMILES string of the molecule is CC(C)C(=O)OC[C@@H]1C[C@H](N(C)C(C)C)CC[C@@H]1N1CCC(NC(=O)c2cccc(C(F)(F)F)c2)C1=O.